The van der Waals surface area contributed by atoms with Crippen LogP contribution >= 0.6 is 0 Å². The van der Waals surface area contributed by atoms with Crippen LogP contribution in [0.4, 0.5) is 19.0 Å². The Morgan fingerprint density at radius 2 is 1.82 bits per heavy atom. The van der Waals surface area contributed by atoms with Gasteiger partial charge in [-0.1, -0.05) is 50.5 Å². The van der Waals surface area contributed by atoms with E-state index in [-0.39, 0.29) is 29.6 Å². The van der Waals surface area contributed by atoms with Gasteiger partial charge in [0, 0.05) is 11.6 Å². The van der Waals surface area contributed by atoms with Crippen LogP contribution in [0.5, 0.6) is 0 Å². The number of benzene rings is 1. The van der Waals surface area contributed by atoms with E-state index in [1.807, 2.05) is 39.0 Å². The SMILES string of the molecule is CC(C)(C)c1noc(C(=O)N[C@H]2CCCCc3cc(-c4ccnc(NC(=O)[C@H]5C[C@H]5C(F)(F)F)c4)ccc32)n1. The van der Waals surface area contributed by atoms with E-state index in [0.717, 1.165) is 47.9 Å². The molecule has 2 aliphatic carbocycles. The Morgan fingerprint density at radius 3 is 2.51 bits per heavy atom. The van der Waals surface area contributed by atoms with Crippen molar-refractivity contribution in [3.63, 3.8) is 0 Å². The molecule has 0 spiro atoms. The van der Waals surface area contributed by atoms with Crippen molar-refractivity contribution in [1.82, 2.24) is 20.4 Å². The maximum atomic E-state index is 12.9. The van der Waals surface area contributed by atoms with Crippen molar-refractivity contribution in [3.8, 4) is 11.1 Å². The zero-order valence-electron chi connectivity index (χ0n) is 21.9. The molecule has 0 bridgehead atoms. The van der Waals surface area contributed by atoms with Gasteiger partial charge in [-0.15, -0.1) is 0 Å². The number of fused-ring (bicyclic) bond motifs is 1. The van der Waals surface area contributed by atoms with Gasteiger partial charge in [-0.3, -0.25) is 9.59 Å². The molecule has 3 aromatic rings. The van der Waals surface area contributed by atoms with Gasteiger partial charge in [-0.25, -0.2) is 4.98 Å². The van der Waals surface area contributed by atoms with Gasteiger partial charge < -0.3 is 15.2 Å². The molecule has 1 aromatic carbocycles. The predicted octanol–water partition coefficient (Wildman–Crippen LogP) is 5.76. The molecule has 2 aliphatic rings. The maximum absolute atomic E-state index is 12.9. The Kier molecular flexibility index (Phi) is 6.94. The maximum Gasteiger partial charge on any atom is 0.392 e. The number of halogens is 3. The lowest BCUT2D eigenvalue weighted by molar-refractivity contribution is -0.153. The van der Waals surface area contributed by atoms with Crippen LogP contribution in [0.2, 0.25) is 0 Å². The Hall–Kier alpha value is -3.76. The van der Waals surface area contributed by atoms with E-state index in [1.165, 1.54) is 6.20 Å². The van der Waals surface area contributed by atoms with Crippen molar-refractivity contribution in [2.75, 3.05) is 5.32 Å². The zero-order valence-corrected chi connectivity index (χ0v) is 21.9. The van der Waals surface area contributed by atoms with Crippen LogP contribution in [-0.2, 0) is 16.6 Å². The quantitative estimate of drug-likeness (QED) is 0.397. The summed E-state index contributed by atoms with van der Waals surface area (Å²) in [4.78, 5) is 33.6. The summed E-state index contributed by atoms with van der Waals surface area (Å²) >= 11 is 0. The normalized spacial score (nSPS) is 21.0. The summed E-state index contributed by atoms with van der Waals surface area (Å²) < 4.78 is 43.7. The van der Waals surface area contributed by atoms with Crippen molar-refractivity contribution in [2.24, 2.45) is 11.8 Å². The summed E-state index contributed by atoms with van der Waals surface area (Å²) in [6, 6.07) is 9.17. The topological polar surface area (TPSA) is 110 Å². The number of pyridine rings is 1. The molecule has 11 heteroatoms. The number of anilines is 1. The minimum absolute atomic E-state index is 0.0681. The van der Waals surface area contributed by atoms with E-state index >= 15 is 0 Å². The van der Waals surface area contributed by atoms with E-state index < -0.39 is 29.8 Å². The highest BCUT2D eigenvalue weighted by atomic mass is 19.4. The first-order valence-corrected chi connectivity index (χ1v) is 13.0. The highest BCUT2D eigenvalue weighted by Gasteiger charge is 2.58. The minimum atomic E-state index is -4.36. The molecular formula is C28H30F3N5O3. The fourth-order valence-electron chi connectivity index (χ4n) is 4.90. The number of nitrogens with zero attached hydrogens (tertiary/aromatic N) is 3. The lowest BCUT2D eigenvalue weighted by Gasteiger charge is -2.19. The van der Waals surface area contributed by atoms with Gasteiger partial charge in [0.25, 0.3) is 0 Å². The Bertz CT molecular complexity index is 1400. The average Bonchev–Trinajstić information content (AvgIpc) is 3.58. The Balaban J connectivity index is 1.31. The number of aryl methyl sites for hydroxylation is 1. The van der Waals surface area contributed by atoms with Crippen LogP contribution in [0.3, 0.4) is 0 Å². The molecule has 206 valence electrons. The second-order valence-electron chi connectivity index (χ2n) is 11.3. The van der Waals surface area contributed by atoms with Crippen molar-refractivity contribution in [2.45, 2.75) is 70.5 Å². The largest absolute Gasteiger partial charge is 0.392 e. The summed E-state index contributed by atoms with van der Waals surface area (Å²) in [5.41, 5.74) is 3.41. The van der Waals surface area contributed by atoms with Crippen molar-refractivity contribution in [3.05, 3.63) is 59.4 Å². The van der Waals surface area contributed by atoms with Gasteiger partial charge in [-0.05, 0) is 60.1 Å². The molecular weight excluding hydrogens is 511 g/mol. The summed E-state index contributed by atoms with van der Waals surface area (Å²) in [7, 11) is 0. The van der Waals surface area contributed by atoms with E-state index in [2.05, 4.69) is 25.8 Å². The third-order valence-corrected chi connectivity index (χ3v) is 7.20. The number of nitrogens with one attached hydrogen (secondary N) is 2. The first-order valence-electron chi connectivity index (χ1n) is 13.0. The molecule has 2 heterocycles. The molecule has 2 amide bonds. The minimum Gasteiger partial charge on any atom is -0.341 e. The number of hydrogen-bond acceptors (Lipinski definition) is 6. The number of carbonyl (C=O) groups excluding carboxylic acids is 2. The van der Waals surface area contributed by atoms with Gasteiger partial charge in [0.1, 0.15) is 5.82 Å². The lowest BCUT2D eigenvalue weighted by Crippen LogP contribution is -2.29. The Morgan fingerprint density at radius 1 is 1.05 bits per heavy atom. The lowest BCUT2D eigenvalue weighted by atomic mass is 9.94. The van der Waals surface area contributed by atoms with Crippen molar-refractivity contribution >= 4 is 17.6 Å². The number of hydrogen-bond donors (Lipinski definition) is 2. The molecule has 0 radical (unpaired) electrons. The molecule has 8 nitrogen and oxygen atoms in total. The molecule has 0 unspecified atom stereocenters. The number of carbonyl (C=O) groups is 2. The van der Waals surface area contributed by atoms with Crippen LogP contribution < -0.4 is 10.6 Å². The highest BCUT2D eigenvalue weighted by Crippen LogP contribution is 2.50. The Labute approximate surface area is 223 Å². The number of rotatable bonds is 5. The highest BCUT2D eigenvalue weighted by molar-refractivity contribution is 5.94. The van der Waals surface area contributed by atoms with Crippen LogP contribution in [0.25, 0.3) is 11.1 Å². The third-order valence-electron chi connectivity index (χ3n) is 7.20. The number of alkyl halides is 3. The van der Waals surface area contributed by atoms with Crippen LogP contribution in [0, 0.1) is 11.8 Å². The van der Waals surface area contributed by atoms with Crippen molar-refractivity contribution < 1.29 is 27.3 Å². The summed E-state index contributed by atoms with van der Waals surface area (Å²) in [5.74, 6) is -3.14. The monoisotopic (exact) mass is 541 g/mol. The second kappa shape index (κ2) is 10.1. The van der Waals surface area contributed by atoms with Gasteiger partial charge in [0.15, 0.2) is 5.82 Å². The first-order chi connectivity index (χ1) is 18.4. The smallest absolute Gasteiger partial charge is 0.341 e. The van der Waals surface area contributed by atoms with Gasteiger partial charge in [0.2, 0.25) is 5.91 Å². The molecule has 1 fully saturated rings. The molecule has 2 aromatic heterocycles. The molecule has 1 saturated carbocycles. The molecule has 39 heavy (non-hydrogen) atoms. The van der Waals surface area contributed by atoms with Crippen LogP contribution in [0.1, 0.15) is 80.1 Å². The molecule has 0 aliphatic heterocycles. The zero-order chi connectivity index (χ0) is 27.9. The number of aromatic nitrogens is 3. The fraction of sp³-hybridized carbons (Fsp3) is 0.464. The van der Waals surface area contributed by atoms with E-state index in [0.29, 0.717) is 5.82 Å². The molecule has 2 N–H and O–H groups in total. The van der Waals surface area contributed by atoms with Crippen LogP contribution in [-0.4, -0.2) is 33.1 Å². The number of amides is 2. The molecule has 5 rings (SSSR count). The van der Waals surface area contributed by atoms with E-state index in [1.54, 1.807) is 12.1 Å². The standard InChI is InChI=1S/C28H30F3N5O3/c1-27(2,3)26-35-25(39-36-26)24(38)33-21-7-5-4-6-17-12-15(8-9-18(17)21)16-10-11-32-22(13-16)34-23(37)19-14-20(19)28(29,30)31/h8-13,19-21H,4-7,14H2,1-3H3,(H,33,38)(H,32,34,37)/t19-,20+,21-/m0/s1. The second-order valence-corrected chi connectivity index (χ2v) is 11.3. The molecule has 3 atom stereocenters. The van der Waals surface area contributed by atoms with Gasteiger partial charge in [-0.2, -0.15) is 18.2 Å². The summed E-state index contributed by atoms with van der Waals surface area (Å²) in [5, 5.41) is 9.50. The first kappa shape index (κ1) is 26.8. The van der Waals surface area contributed by atoms with Crippen molar-refractivity contribution in [1.29, 1.82) is 0 Å². The average molecular weight is 542 g/mol. The third kappa shape index (κ3) is 5.97. The van der Waals surface area contributed by atoms with Gasteiger partial charge in [0.05, 0.1) is 17.9 Å². The van der Waals surface area contributed by atoms with Crippen LogP contribution in [0.15, 0.2) is 41.1 Å². The predicted molar refractivity (Wildman–Crippen MR) is 137 cm³/mol. The van der Waals surface area contributed by atoms with E-state index in [4.69, 9.17) is 4.52 Å². The fourth-order valence-corrected chi connectivity index (χ4v) is 4.90. The van der Waals surface area contributed by atoms with Gasteiger partial charge >= 0.3 is 18.0 Å². The molecule has 0 saturated heterocycles. The van der Waals surface area contributed by atoms with E-state index in [9.17, 15) is 22.8 Å². The summed E-state index contributed by atoms with van der Waals surface area (Å²) in [6.45, 7) is 5.82. The summed E-state index contributed by atoms with van der Waals surface area (Å²) in [6.07, 6.45) is 0.445.